The van der Waals surface area contributed by atoms with E-state index in [2.05, 4.69) is 77.5 Å². The summed E-state index contributed by atoms with van der Waals surface area (Å²) in [4.78, 5) is 0.492. The van der Waals surface area contributed by atoms with E-state index in [0.29, 0.717) is 10.7 Å². The van der Waals surface area contributed by atoms with E-state index in [0.717, 1.165) is 5.92 Å². The Kier molecular flexibility index (Phi) is 3.74. The topological polar surface area (TPSA) is 0 Å². The van der Waals surface area contributed by atoms with Crippen LogP contribution in [-0.2, 0) is 12.8 Å². The Labute approximate surface area is 124 Å². The van der Waals surface area contributed by atoms with Crippen LogP contribution < -0.4 is 0 Å². The third kappa shape index (κ3) is 2.62. The summed E-state index contributed by atoms with van der Waals surface area (Å²) in [7, 11) is 0. The first-order valence-corrected chi connectivity index (χ1v) is 7.93. The number of benzene rings is 2. The third-order valence-electron chi connectivity index (χ3n) is 4.38. The molecule has 0 bridgehead atoms. The highest BCUT2D eigenvalue weighted by molar-refractivity contribution is 9.09. The van der Waals surface area contributed by atoms with Crippen LogP contribution in [0.15, 0.2) is 54.6 Å². The molecule has 1 aliphatic carbocycles. The number of rotatable bonds is 2. The van der Waals surface area contributed by atoms with Gasteiger partial charge in [-0.25, -0.2) is 0 Å². The fourth-order valence-electron chi connectivity index (χ4n) is 3.15. The normalized spacial score (nSPS) is 25.9. The molecular formula is C18H19Br. The van der Waals surface area contributed by atoms with E-state index in [9.17, 15) is 0 Å². The van der Waals surface area contributed by atoms with Gasteiger partial charge < -0.3 is 0 Å². The summed E-state index contributed by atoms with van der Waals surface area (Å²) in [6.45, 7) is 2.38. The number of hydrogen-bond donors (Lipinski definition) is 0. The standard InChI is InChI=1S/C18H19Br/c1-13-16(11-14-7-3-2-4-8-14)12-15-9-5-6-10-17(15)18(13)19/h2-10,13,16,18H,11-12H2,1H3. The fourth-order valence-corrected chi connectivity index (χ4v) is 4.03. The Morgan fingerprint density at radius 2 is 1.68 bits per heavy atom. The maximum atomic E-state index is 3.91. The first-order valence-electron chi connectivity index (χ1n) is 7.01. The van der Waals surface area contributed by atoms with Crippen molar-refractivity contribution in [3.05, 3.63) is 71.3 Å². The van der Waals surface area contributed by atoms with Gasteiger partial charge in [0.05, 0.1) is 0 Å². The highest BCUT2D eigenvalue weighted by Gasteiger charge is 2.31. The molecule has 0 nitrogen and oxygen atoms in total. The maximum absolute atomic E-state index is 3.91. The van der Waals surface area contributed by atoms with E-state index in [4.69, 9.17) is 0 Å². The first kappa shape index (κ1) is 12.9. The molecule has 3 atom stereocenters. The highest BCUT2D eigenvalue weighted by atomic mass is 79.9. The molecule has 0 saturated carbocycles. The lowest BCUT2D eigenvalue weighted by Crippen LogP contribution is -2.26. The summed E-state index contributed by atoms with van der Waals surface area (Å²) < 4.78 is 0. The van der Waals surface area contributed by atoms with E-state index < -0.39 is 0 Å². The van der Waals surface area contributed by atoms with Gasteiger partial charge in [0.25, 0.3) is 0 Å². The maximum Gasteiger partial charge on any atom is 0.0426 e. The molecule has 2 aromatic carbocycles. The Hall–Kier alpha value is -1.08. The van der Waals surface area contributed by atoms with Crippen molar-refractivity contribution >= 4 is 15.9 Å². The lowest BCUT2D eigenvalue weighted by molar-refractivity contribution is 0.328. The van der Waals surface area contributed by atoms with Crippen LogP contribution in [0.25, 0.3) is 0 Å². The second-order valence-electron chi connectivity index (χ2n) is 5.61. The zero-order valence-electron chi connectivity index (χ0n) is 11.2. The minimum atomic E-state index is 0.492. The molecule has 1 aliphatic rings. The summed E-state index contributed by atoms with van der Waals surface area (Å²) >= 11 is 3.91. The van der Waals surface area contributed by atoms with Crippen LogP contribution in [0.3, 0.4) is 0 Å². The van der Waals surface area contributed by atoms with Crippen LogP contribution in [-0.4, -0.2) is 0 Å². The minimum absolute atomic E-state index is 0.492. The molecular weight excluding hydrogens is 296 g/mol. The van der Waals surface area contributed by atoms with Gasteiger partial charge in [-0.05, 0) is 41.4 Å². The molecule has 0 radical (unpaired) electrons. The summed E-state index contributed by atoms with van der Waals surface area (Å²) in [5.41, 5.74) is 4.46. The molecule has 19 heavy (non-hydrogen) atoms. The molecule has 0 amide bonds. The fraction of sp³-hybridized carbons (Fsp3) is 0.333. The van der Waals surface area contributed by atoms with Gasteiger partial charge in [-0.15, -0.1) is 0 Å². The Morgan fingerprint density at radius 3 is 2.47 bits per heavy atom. The van der Waals surface area contributed by atoms with Crippen LogP contribution in [0.4, 0.5) is 0 Å². The van der Waals surface area contributed by atoms with Gasteiger partial charge in [0.2, 0.25) is 0 Å². The number of alkyl halides is 1. The molecule has 3 unspecified atom stereocenters. The van der Waals surface area contributed by atoms with Crippen LogP contribution in [0, 0.1) is 11.8 Å². The smallest absolute Gasteiger partial charge is 0.0426 e. The molecule has 0 aliphatic heterocycles. The van der Waals surface area contributed by atoms with Crippen molar-refractivity contribution in [3.8, 4) is 0 Å². The van der Waals surface area contributed by atoms with E-state index in [1.54, 1.807) is 0 Å². The van der Waals surface area contributed by atoms with Gasteiger partial charge in [-0.1, -0.05) is 77.5 Å². The van der Waals surface area contributed by atoms with Crippen molar-refractivity contribution in [2.24, 2.45) is 11.8 Å². The zero-order chi connectivity index (χ0) is 13.2. The first-order chi connectivity index (χ1) is 9.25. The predicted molar refractivity (Wildman–Crippen MR) is 84.6 cm³/mol. The quantitative estimate of drug-likeness (QED) is 0.670. The summed E-state index contributed by atoms with van der Waals surface area (Å²) in [6.07, 6.45) is 2.38. The SMILES string of the molecule is CC1C(Cc2ccccc2)Cc2ccccc2C1Br. The Balaban J connectivity index is 1.85. The van der Waals surface area contributed by atoms with Gasteiger partial charge in [0.1, 0.15) is 0 Å². The van der Waals surface area contributed by atoms with Gasteiger partial charge in [0, 0.05) is 4.83 Å². The molecule has 98 valence electrons. The highest BCUT2D eigenvalue weighted by Crippen LogP contribution is 2.44. The lowest BCUT2D eigenvalue weighted by atomic mass is 9.74. The van der Waals surface area contributed by atoms with Gasteiger partial charge in [0.15, 0.2) is 0 Å². The minimum Gasteiger partial charge on any atom is -0.0836 e. The molecule has 2 aromatic rings. The number of halogens is 1. The van der Waals surface area contributed by atoms with E-state index in [1.807, 2.05) is 0 Å². The molecule has 1 heteroatoms. The summed E-state index contributed by atoms with van der Waals surface area (Å²) in [6, 6.07) is 19.7. The van der Waals surface area contributed by atoms with Crippen molar-refractivity contribution in [3.63, 3.8) is 0 Å². The Bertz CT molecular complexity index is 547. The van der Waals surface area contributed by atoms with Gasteiger partial charge in [-0.3, -0.25) is 0 Å². The van der Waals surface area contributed by atoms with E-state index in [-0.39, 0.29) is 0 Å². The van der Waals surface area contributed by atoms with Crippen molar-refractivity contribution < 1.29 is 0 Å². The van der Waals surface area contributed by atoms with Crippen LogP contribution in [0.5, 0.6) is 0 Å². The molecule has 0 N–H and O–H groups in total. The molecule has 0 spiro atoms. The van der Waals surface area contributed by atoms with E-state index in [1.165, 1.54) is 29.5 Å². The average molecular weight is 315 g/mol. The van der Waals surface area contributed by atoms with Crippen molar-refractivity contribution in [2.45, 2.75) is 24.6 Å². The van der Waals surface area contributed by atoms with Crippen LogP contribution in [0.2, 0.25) is 0 Å². The third-order valence-corrected chi connectivity index (χ3v) is 5.71. The molecule has 3 rings (SSSR count). The monoisotopic (exact) mass is 314 g/mol. The summed E-state index contributed by atoms with van der Waals surface area (Å²) in [5, 5.41) is 0. The average Bonchev–Trinajstić information content (AvgIpc) is 2.46. The molecule has 0 saturated heterocycles. The second-order valence-corrected chi connectivity index (χ2v) is 6.60. The van der Waals surface area contributed by atoms with Crippen LogP contribution in [0.1, 0.15) is 28.4 Å². The second kappa shape index (κ2) is 5.50. The number of hydrogen-bond acceptors (Lipinski definition) is 0. The Morgan fingerprint density at radius 1 is 1.00 bits per heavy atom. The lowest BCUT2D eigenvalue weighted by Gasteiger charge is -2.35. The van der Waals surface area contributed by atoms with Crippen molar-refractivity contribution in [1.82, 2.24) is 0 Å². The molecule has 0 heterocycles. The van der Waals surface area contributed by atoms with Gasteiger partial charge >= 0.3 is 0 Å². The van der Waals surface area contributed by atoms with Crippen molar-refractivity contribution in [1.29, 1.82) is 0 Å². The number of fused-ring (bicyclic) bond motifs is 1. The summed E-state index contributed by atoms with van der Waals surface area (Å²) in [5.74, 6) is 1.40. The molecule has 0 fully saturated rings. The van der Waals surface area contributed by atoms with Gasteiger partial charge in [-0.2, -0.15) is 0 Å². The van der Waals surface area contributed by atoms with Crippen LogP contribution >= 0.6 is 15.9 Å². The molecule has 0 aromatic heterocycles. The largest absolute Gasteiger partial charge is 0.0836 e. The zero-order valence-corrected chi connectivity index (χ0v) is 12.8. The van der Waals surface area contributed by atoms with E-state index >= 15 is 0 Å². The van der Waals surface area contributed by atoms with Crippen molar-refractivity contribution in [2.75, 3.05) is 0 Å². The predicted octanol–water partition coefficient (Wildman–Crippen LogP) is 5.17.